The van der Waals surface area contributed by atoms with Gasteiger partial charge in [-0.05, 0) is 48.6 Å². The quantitative estimate of drug-likeness (QED) is 0.766. The molecule has 0 saturated heterocycles. The fourth-order valence-corrected chi connectivity index (χ4v) is 2.80. The number of nitriles is 1. The number of rotatable bonds is 2. The number of hydrogen-bond acceptors (Lipinski definition) is 2. The maximum Gasteiger partial charge on any atom is 0.232 e. The molecule has 4 nitrogen and oxygen atoms in total. The van der Waals surface area contributed by atoms with Gasteiger partial charge in [-0.15, -0.1) is 0 Å². The van der Waals surface area contributed by atoms with Gasteiger partial charge in [0.2, 0.25) is 11.3 Å². The zero-order valence-electron chi connectivity index (χ0n) is 8.86. The minimum atomic E-state index is -1.99. The summed E-state index contributed by atoms with van der Waals surface area (Å²) in [6.07, 6.45) is 1.65. The summed E-state index contributed by atoms with van der Waals surface area (Å²) in [6, 6.07) is 5.73. The molecule has 0 heterocycles. The summed E-state index contributed by atoms with van der Waals surface area (Å²) in [5, 5.41) is 8.85. The SMILES string of the molecule is Cc1cc(C#N)cc2c1[C@@H](NS(=O)O)CC2. The molecular weight excluding hydrogens is 224 g/mol. The van der Waals surface area contributed by atoms with Crippen molar-refractivity contribution in [3.63, 3.8) is 0 Å². The molecule has 1 aromatic carbocycles. The molecule has 1 aliphatic rings. The van der Waals surface area contributed by atoms with Crippen molar-refractivity contribution in [1.82, 2.24) is 4.72 Å². The number of benzene rings is 1. The van der Waals surface area contributed by atoms with Gasteiger partial charge in [0.05, 0.1) is 11.6 Å². The first-order valence-electron chi connectivity index (χ1n) is 5.02. The molecule has 0 bridgehead atoms. The molecule has 1 unspecified atom stereocenters. The molecule has 0 fully saturated rings. The standard InChI is InChI=1S/C11H12N2O2S/c1-7-4-8(6-12)5-9-2-3-10(11(7)9)13-16(14)15/h4-5,10,13H,2-3H2,1H3,(H,14,15)/t10-/m0/s1. The zero-order chi connectivity index (χ0) is 11.7. The topological polar surface area (TPSA) is 73.1 Å². The monoisotopic (exact) mass is 236 g/mol. The molecule has 0 amide bonds. The van der Waals surface area contributed by atoms with E-state index in [0.717, 1.165) is 29.5 Å². The van der Waals surface area contributed by atoms with Crippen LogP contribution < -0.4 is 4.72 Å². The highest BCUT2D eigenvalue weighted by Gasteiger charge is 2.25. The van der Waals surface area contributed by atoms with Crippen LogP contribution in [0.15, 0.2) is 12.1 Å². The lowest BCUT2D eigenvalue weighted by Crippen LogP contribution is -2.21. The van der Waals surface area contributed by atoms with Gasteiger partial charge < -0.3 is 0 Å². The molecule has 16 heavy (non-hydrogen) atoms. The van der Waals surface area contributed by atoms with Gasteiger partial charge in [0.1, 0.15) is 0 Å². The predicted molar refractivity (Wildman–Crippen MR) is 60.9 cm³/mol. The van der Waals surface area contributed by atoms with Crippen LogP contribution in [-0.4, -0.2) is 8.76 Å². The molecule has 2 N–H and O–H groups in total. The molecule has 0 aromatic heterocycles. The summed E-state index contributed by atoms with van der Waals surface area (Å²) in [4.78, 5) is 0. The Balaban J connectivity index is 2.40. The smallest absolute Gasteiger partial charge is 0.232 e. The van der Waals surface area contributed by atoms with Crippen molar-refractivity contribution in [1.29, 1.82) is 5.26 Å². The summed E-state index contributed by atoms with van der Waals surface area (Å²) in [6.45, 7) is 1.93. The molecule has 0 radical (unpaired) electrons. The van der Waals surface area contributed by atoms with Crippen LogP contribution in [-0.2, 0) is 17.7 Å². The minimum absolute atomic E-state index is 0.0754. The predicted octanol–water partition coefficient (Wildman–Crippen LogP) is 1.58. The minimum Gasteiger partial charge on any atom is -0.294 e. The van der Waals surface area contributed by atoms with E-state index >= 15 is 0 Å². The molecule has 1 aromatic rings. The fourth-order valence-electron chi connectivity index (χ4n) is 2.33. The maximum atomic E-state index is 10.7. The summed E-state index contributed by atoms with van der Waals surface area (Å²) < 4.78 is 22.2. The molecule has 1 aliphatic carbocycles. The van der Waals surface area contributed by atoms with E-state index in [1.54, 1.807) is 0 Å². The second kappa shape index (κ2) is 4.34. The number of aryl methyl sites for hydroxylation is 2. The van der Waals surface area contributed by atoms with Crippen molar-refractivity contribution in [2.45, 2.75) is 25.8 Å². The Kier molecular flexibility index (Phi) is 3.06. The van der Waals surface area contributed by atoms with E-state index in [9.17, 15) is 4.21 Å². The molecular formula is C11H12N2O2S. The van der Waals surface area contributed by atoms with E-state index in [-0.39, 0.29) is 6.04 Å². The van der Waals surface area contributed by atoms with E-state index in [4.69, 9.17) is 9.81 Å². The molecule has 2 rings (SSSR count). The second-order valence-electron chi connectivity index (χ2n) is 3.94. The van der Waals surface area contributed by atoms with Crippen LogP contribution in [0.25, 0.3) is 0 Å². The Morgan fingerprint density at radius 3 is 3.00 bits per heavy atom. The second-order valence-corrected chi connectivity index (χ2v) is 4.67. The third-order valence-corrected chi connectivity index (χ3v) is 3.38. The van der Waals surface area contributed by atoms with Gasteiger partial charge in [-0.25, -0.2) is 8.93 Å². The van der Waals surface area contributed by atoms with E-state index in [1.165, 1.54) is 0 Å². The lowest BCUT2D eigenvalue weighted by atomic mass is 9.99. The highest BCUT2D eigenvalue weighted by atomic mass is 32.2. The van der Waals surface area contributed by atoms with Gasteiger partial charge >= 0.3 is 0 Å². The average Bonchev–Trinajstić information content (AvgIpc) is 2.60. The molecule has 5 heteroatoms. The van der Waals surface area contributed by atoms with Crippen LogP contribution in [0.1, 0.15) is 34.7 Å². The lowest BCUT2D eigenvalue weighted by molar-refractivity contribution is 0.525. The van der Waals surface area contributed by atoms with Crippen LogP contribution in [0.3, 0.4) is 0 Å². The Morgan fingerprint density at radius 1 is 1.62 bits per heavy atom. The van der Waals surface area contributed by atoms with E-state index < -0.39 is 11.3 Å². The van der Waals surface area contributed by atoms with Crippen molar-refractivity contribution in [3.05, 3.63) is 34.4 Å². The normalized spacial score (nSPS) is 20.2. The Labute approximate surface area is 96.7 Å². The summed E-state index contributed by atoms with van der Waals surface area (Å²) in [5.41, 5.74) is 3.84. The van der Waals surface area contributed by atoms with Crippen molar-refractivity contribution in [3.8, 4) is 6.07 Å². The molecule has 0 saturated carbocycles. The van der Waals surface area contributed by atoms with Gasteiger partial charge in [-0.3, -0.25) is 4.55 Å². The zero-order valence-corrected chi connectivity index (χ0v) is 9.67. The lowest BCUT2D eigenvalue weighted by Gasteiger charge is -2.13. The first-order valence-corrected chi connectivity index (χ1v) is 6.13. The molecule has 0 aliphatic heterocycles. The van der Waals surface area contributed by atoms with E-state index in [1.807, 2.05) is 19.1 Å². The largest absolute Gasteiger partial charge is 0.294 e. The van der Waals surface area contributed by atoms with Crippen LogP contribution in [0.2, 0.25) is 0 Å². The van der Waals surface area contributed by atoms with Crippen molar-refractivity contribution in [2.75, 3.05) is 0 Å². The third kappa shape index (κ3) is 2.00. The first-order chi connectivity index (χ1) is 7.61. The van der Waals surface area contributed by atoms with Gasteiger partial charge in [-0.1, -0.05) is 0 Å². The van der Waals surface area contributed by atoms with E-state index in [0.29, 0.717) is 5.56 Å². The molecule has 2 atom stereocenters. The van der Waals surface area contributed by atoms with Crippen molar-refractivity contribution in [2.24, 2.45) is 0 Å². The van der Waals surface area contributed by atoms with Gasteiger partial charge in [0, 0.05) is 6.04 Å². The van der Waals surface area contributed by atoms with Crippen LogP contribution in [0, 0.1) is 18.3 Å². The summed E-state index contributed by atoms with van der Waals surface area (Å²) >= 11 is -1.99. The van der Waals surface area contributed by atoms with E-state index in [2.05, 4.69) is 10.8 Å². The number of fused-ring (bicyclic) bond motifs is 1. The Bertz CT molecular complexity index is 493. The number of hydrogen-bond donors (Lipinski definition) is 2. The number of nitrogens with one attached hydrogen (secondary N) is 1. The summed E-state index contributed by atoms with van der Waals surface area (Å²) in [5.74, 6) is 0. The van der Waals surface area contributed by atoms with Gasteiger partial charge in [0.15, 0.2) is 0 Å². The Hall–Kier alpha value is -1.22. The third-order valence-electron chi connectivity index (χ3n) is 2.90. The van der Waals surface area contributed by atoms with Crippen molar-refractivity contribution >= 4 is 11.3 Å². The van der Waals surface area contributed by atoms with Crippen LogP contribution in [0.5, 0.6) is 0 Å². The van der Waals surface area contributed by atoms with Gasteiger partial charge in [0.25, 0.3) is 0 Å². The maximum absolute atomic E-state index is 10.7. The Morgan fingerprint density at radius 2 is 2.38 bits per heavy atom. The first kappa shape index (κ1) is 11.3. The van der Waals surface area contributed by atoms with Gasteiger partial charge in [-0.2, -0.15) is 5.26 Å². The van der Waals surface area contributed by atoms with Crippen LogP contribution >= 0.6 is 0 Å². The molecule has 84 valence electrons. The fraction of sp³-hybridized carbons (Fsp3) is 0.364. The summed E-state index contributed by atoms with van der Waals surface area (Å²) in [7, 11) is 0. The highest BCUT2D eigenvalue weighted by molar-refractivity contribution is 7.77. The molecule has 0 spiro atoms. The van der Waals surface area contributed by atoms with Crippen LogP contribution in [0.4, 0.5) is 0 Å². The average molecular weight is 236 g/mol. The highest BCUT2D eigenvalue weighted by Crippen LogP contribution is 2.34. The van der Waals surface area contributed by atoms with Crippen molar-refractivity contribution < 1.29 is 8.76 Å². The number of nitrogens with zero attached hydrogens (tertiary/aromatic N) is 1.